The van der Waals surface area contributed by atoms with Gasteiger partial charge < -0.3 is 15.4 Å². The number of carbonyl (C=O) groups is 1. The topological polar surface area (TPSA) is 63.2 Å². The normalized spacial score (nSPS) is 17.3. The van der Waals surface area contributed by atoms with Gasteiger partial charge in [0.1, 0.15) is 23.0 Å². The summed E-state index contributed by atoms with van der Waals surface area (Å²) >= 11 is 0. The van der Waals surface area contributed by atoms with E-state index in [1.807, 2.05) is 0 Å². The monoisotopic (exact) mass is 329 g/mol. The summed E-state index contributed by atoms with van der Waals surface area (Å²) in [6.07, 6.45) is 3.78. The van der Waals surface area contributed by atoms with Crippen LogP contribution in [0.3, 0.4) is 0 Å². The summed E-state index contributed by atoms with van der Waals surface area (Å²) in [6, 6.07) is 8.95. The molecular formula is C18H20FN3O2. The van der Waals surface area contributed by atoms with E-state index in [4.69, 9.17) is 4.74 Å². The van der Waals surface area contributed by atoms with Gasteiger partial charge >= 0.3 is 0 Å². The minimum absolute atomic E-state index is 0.217. The number of pyridine rings is 1. The summed E-state index contributed by atoms with van der Waals surface area (Å²) < 4.78 is 18.5. The molecule has 1 aromatic heterocycles. The van der Waals surface area contributed by atoms with Crippen molar-refractivity contribution in [1.29, 1.82) is 0 Å². The fraction of sp³-hybridized carbons (Fsp3) is 0.333. The fourth-order valence-electron chi connectivity index (χ4n) is 2.66. The van der Waals surface area contributed by atoms with E-state index in [1.165, 1.54) is 30.5 Å². The number of amides is 1. The molecule has 1 saturated heterocycles. The van der Waals surface area contributed by atoms with Gasteiger partial charge in [0.15, 0.2) is 0 Å². The van der Waals surface area contributed by atoms with Gasteiger partial charge in [-0.3, -0.25) is 9.78 Å². The van der Waals surface area contributed by atoms with Crippen molar-refractivity contribution in [1.82, 2.24) is 15.6 Å². The number of hydrogen-bond donors (Lipinski definition) is 2. The molecule has 0 spiro atoms. The number of ether oxygens (including phenoxy) is 1. The minimum Gasteiger partial charge on any atom is -0.457 e. The van der Waals surface area contributed by atoms with Crippen LogP contribution in [0.15, 0.2) is 42.6 Å². The Hall–Kier alpha value is -2.47. The molecule has 0 radical (unpaired) electrons. The van der Waals surface area contributed by atoms with Gasteiger partial charge in [-0.25, -0.2) is 4.39 Å². The van der Waals surface area contributed by atoms with Crippen molar-refractivity contribution in [2.24, 2.45) is 5.92 Å². The number of aromatic nitrogens is 1. The molecule has 1 amide bonds. The predicted octanol–water partition coefficient (Wildman–Crippen LogP) is 2.74. The summed E-state index contributed by atoms with van der Waals surface area (Å²) in [4.78, 5) is 16.3. The number of benzene rings is 1. The lowest BCUT2D eigenvalue weighted by molar-refractivity contribution is 0.0939. The van der Waals surface area contributed by atoms with Crippen LogP contribution in [-0.2, 0) is 0 Å². The van der Waals surface area contributed by atoms with E-state index >= 15 is 0 Å². The summed E-state index contributed by atoms with van der Waals surface area (Å²) in [5.41, 5.74) is 0.304. The zero-order valence-corrected chi connectivity index (χ0v) is 13.3. The van der Waals surface area contributed by atoms with Gasteiger partial charge in [-0.05, 0) is 62.2 Å². The molecular weight excluding hydrogens is 309 g/mol. The van der Waals surface area contributed by atoms with Crippen LogP contribution in [0, 0.1) is 11.7 Å². The van der Waals surface area contributed by atoms with E-state index in [0.717, 1.165) is 25.9 Å². The van der Waals surface area contributed by atoms with Gasteiger partial charge in [-0.2, -0.15) is 0 Å². The van der Waals surface area contributed by atoms with Crippen molar-refractivity contribution in [3.05, 3.63) is 54.1 Å². The Morgan fingerprint density at radius 3 is 2.88 bits per heavy atom. The number of carbonyl (C=O) groups excluding carboxylic acids is 1. The molecule has 0 unspecified atom stereocenters. The van der Waals surface area contributed by atoms with Gasteiger partial charge in [0.2, 0.25) is 0 Å². The SMILES string of the molecule is O=C(NC[C@H]1CCCNC1)c1cc(Oc2ccc(F)cc2)ccn1. The third-order valence-electron chi connectivity index (χ3n) is 3.96. The Bertz CT molecular complexity index is 685. The number of hydrogen-bond acceptors (Lipinski definition) is 4. The molecule has 5 nitrogen and oxygen atoms in total. The lowest BCUT2D eigenvalue weighted by Gasteiger charge is -2.22. The van der Waals surface area contributed by atoms with Crippen molar-refractivity contribution in [2.45, 2.75) is 12.8 Å². The molecule has 2 heterocycles. The van der Waals surface area contributed by atoms with Gasteiger partial charge in [0.25, 0.3) is 5.91 Å². The number of nitrogens with one attached hydrogen (secondary N) is 2. The average Bonchev–Trinajstić information content (AvgIpc) is 2.63. The van der Waals surface area contributed by atoms with Crippen LogP contribution in [-0.4, -0.2) is 30.5 Å². The average molecular weight is 329 g/mol. The maximum atomic E-state index is 12.9. The summed E-state index contributed by atoms with van der Waals surface area (Å²) in [5.74, 6) is 0.907. The highest BCUT2D eigenvalue weighted by molar-refractivity contribution is 5.92. The van der Waals surface area contributed by atoms with Crippen LogP contribution in [0.5, 0.6) is 11.5 Å². The summed E-state index contributed by atoms with van der Waals surface area (Å²) in [5, 5.41) is 6.25. The molecule has 0 bridgehead atoms. The van der Waals surface area contributed by atoms with Gasteiger partial charge in [-0.15, -0.1) is 0 Å². The predicted molar refractivity (Wildman–Crippen MR) is 88.6 cm³/mol. The van der Waals surface area contributed by atoms with Crippen LogP contribution in [0.25, 0.3) is 0 Å². The lowest BCUT2D eigenvalue weighted by atomic mass is 10.00. The standard InChI is InChI=1S/C18H20FN3O2/c19-14-3-5-15(6-4-14)24-16-7-9-21-17(10-16)18(23)22-12-13-2-1-8-20-11-13/h3-7,9-10,13,20H,1-2,8,11-12H2,(H,22,23)/t13-/m0/s1. The molecule has 0 saturated carbocycles. The van der Waals surface area contributed by atoms with E-state index in [0.29, 0.717) is 29.7 Å². The second kappa shape index (κ2) is 7.88. The summed E-state index contributed by atoms with van der Waals surface area (Å²) in [6.45, 7) is 2.62. The third-order valence-corrected chi connectivity index (χ3v) is 3.96. The maximum Gasteiger partial charge on any atom is 0.270 e. The molecule has 3 rings (SSSR count). The molecule has 24 heavy (non-hydrogen) atoms. The van der Waals surface area contributed by atoms with Crippen molar-refractivity contribution in [2.75, 3.05) is 19.6 Å². The number of nitrogens with zero attached hydrogens (tertiary/aromatic N) is 1. The maximum absolute atomic E-state index is 12.9. The first kappa shape index (κ1) is 16.4. The van der Waals surface area contributed by atoms with Crippen LogP contribution in [0.4, 0.5) is 4.39 Å². The van der Waals surface area contributed by atoms with E-state index in [9.17, 15) is 9.18 Å². The molecule has 1 atom stereocenters. The Morgan fingerprint density at radius 1 is 1.29 bits per heavy atom. The Kier molecular flexibility index (Phi) is 5.38. The van der Waals surface area contributed by atoms with Crippen LogP contribution >= 0.6 is 0 Å². The molecule has 1 aliphatic heterocycles. The molecule has 1 fully saturated rings. The zero-order valence-electron chi connectivity index (χ0n) is 13.3. The first-order chi connectivity index (χ1) is 11.7. The largest absolute Gasteiger partial charge is 0.457 e. The highest BCUT2D eigenvalue weighted by Crippen LogP contribution is 2.21. The van der Waals surface area contributed by atoms with Gasteiger partial charge in [-0.1, -0.05) is 0 Å². The highest BCUT2D eigenvalue weighted by Gasteiger charge is 2.15. The first-order valence-electron chi connectivity index (χ1n) is 8.09. The van der Waals surface area contributed by atoms with Crippen LogP contribution in [0.2, 0.25) is 0 Å². The van der Waals surface area contributed by atoms with E-state index in [1.54, 1.807) is 12.1 Å². The van der Waals surface area contributed by atoms with Crippen molar-refractivity contribution >= 4 is 5.91 Å². The van der Waals surface area contributed by atoms with E-state index in [-0.39, 0.29) is 11.7 Å². The molecule has 1 aromatic carbocycles. The van der Waals surface area contributed by atoms with Crippen LogP contribution in [0.1, 0.15) is 23.3 Å². The molecule has 6 heteroatoms. The van der Waals surface area contributed by atoms with Crippen LogP contribution < -0.4 is 15.4 Å². The minimum atomic E-state index is -0.325. The van der Waals surface area contributed by atoms with Gasteiger partial charge in [0, 0.05) is 18.8 Å². The van der Waals surface area contributed by atoms with E-state index in [2.05, 4.69) is 15.6 Å². The molecule has 1 aliphatic rings. The summed E-state index contributed by atoms with van der Waals surface area (Å²) in [7, 11) is 0. The smallest absolute Gasteiger partial charge is 0.270 e. The van der Waals surface area contributed by atoms with Gasteiger partial charge in [0.05, 0.1) is 0 Å². The van der Waals surface area contributed by atoms with E-state index < -0.39 is 0 Å². The second-order valence-electron chi connectivity index (χ2n) is 5.86. The van der Waals surface area contributed by atoms with Crippen molar-refractivity contribution in [3.63, 3.8) is 0 Å². The number of piperidine rings is 1. The molecule has 126 valence electrons. The number of rotatable bonds is 5. The molecule has 2 N–H and O–H groups in total. The number of halogens is 1. The Morgan fingerprint density at radius 2 is 2.12 bits per heavy atom. The second-order valence-corrected chi connectivity index (χ2v) is 5.86. The zero-order chi connectivity index (χ0) is 16.8. The highest BCUT2D eigenvalue weighted by atomic mass is 19.1. The first-order valence-corrected chi connectivity index (χ1v) is 8.09. The Balaban J connectivity index is 1.59. The Labute approximate surface area is 140 Å². The lowest BCUT2D eigenvalue weighted by Crippen LogP contribution is -2.38. The molecule has 2 aromatic rings. The van der Waals surface area contributed by atoms with Crippen molar-refractivity contribution in [3.8, 4) is 11.5 Å². The molecule has 0 aliphatic carbocycles. The quantitative estimate of drug-likeness (QED) is 0.885. The van der Waals surface area contributed by atoms with Crippen molar-refractivity contribution < 1.29 is 13.9 Å². The fourth-order valence-corrected chi connectivity index (χ4v) is 2.66. The third kappa shape index (κ3) is 4.52.